The Morgan fingerprint density at radius 1 is 1.35 bits per heavy atom. The van der Waals surface area contributed by atoms with Gasteiger partial charge in [-0.05, 0) is 59.2 Å². The lowest BCUT2D eigenvalue weighted by Crippen LogP contribution is -2.52. The Hall–Kier alpha value is -0.900. The molecule has 4 heteroatoms. The quantitative estimate of drug-likeness (QED) is 0.729. The monoisotopic (exact) mass is 336 g/mol. The Morgan fingerprint density at radius 3 is 2.95 bits per heavy atom. The van der Waals surface area contributed by atoms with Crippen molar-refractivity contribution in [1.29, 1.82) is 0 Å². The van der Waals surface area contributed by atoms with Crippen molar-refractivity contribution in [3.05, 3.63) is 28.5 Å². The Balaban J connectivity index is 1.85. The van der Waals surface area contributed by atoms with E-state index in [0.717, 1.165) is 18.9 Å². The molecule has 0 bridgehead atoms. The van der Waals surface area contributed by atoms with E-state index in [1.165, 1.54) is 25.7 Å². The summed E-state index contributed by atoms with van der Waals surface area (Å²) >= 11 is 3.40. The van der Waals surface area contributed by atoms with Crippen LogP contribution in [0.1, 0.15) is 49.4 Å². The molecule has 2 aliphatic rings. The first-order chi connectivity index (χ1) is 9.68. The number of pyridine rings is 1. The van der Waals surface area contributed by atoms with Gasteiger partial charge in [-0.25, -0.2) is 4.98 Å². The SMILES string of the molecule is CC1CCN(C(=O)c2cccnc2Br)C2CCCCC12. The van der Waals surface area contributed by atoms with Gasteiger partial charge >= 0.3 is 0 Å². The predicted molar refractivity (Wildman–Crippen MR) is 82.5 cm³/mol. The summed E-state index contributed by atoms with van der Waals surface area (Å²) in [6.45, 7) is 3.24. The summed E-state index contributed by atoms with van der Waals surface area (Å²) in [7, 11) is 0. The summed E-state index contributed by atoms with van der Waals surface area (Å²) in [5.41, 5.74) is 0.700. The number of amides is 1. The van der Waals surface area contributed by atoms with Crippen LogP contribution in [-0.4, -0.2) is 28.4 Å². The van der Waals surface area contributed by atoms with Gasteiger partial charge in [-0.1, -0.05) is 19.8 Å². The molecule has 1 aliphatic carbocycles. The second-order valence-electron chi connectivity index (χ2n) is 6.12. The lowest BCUT2D eigenvalue weighted by Gasteiger charge is -2.47. The highest BCUT2D eigenvalue weighted by molar-refractivity contribution is 9.10. The zero-order valence-corrected chi connectivity index (χ0v) is 13.5. The summed E-state index contributed by atoms with van der Waals surface area (Å²) < 4.78 is 0.663. The predicted octanol–water partition coefficient (Wildman–Crippen LogP) is 3.88. The summed E-state index contributed by atoms with van der Waals surface area (Å²) in [6, 6.07) is 4.14. The fourth-order valence-electron chi connectivity index (χ4n) is 3.87. The zero-order chi connectivity index (χ0) is 14.1. The second-order valence-corrected chi connectivity index (χ2v) is 6.87. The molecule has 3 nitrogen and oxygen atoms in total. The first-order valence-electron chi connectivity index (χ1n) is 7.60. The lowest BCUT2D eigenvalue weighted by molar-refractivity contribution is 0.0216. The molecular formula is C16H21BrN2O. The summed E-state index contributed by atoms with van der Waals surface area (Å²) in [4.78, 5) is 19.1. The van der Waals surface area contributed by atoms with E-state index in [1.807, 2.05) is 12.1 Å². The molecule has 2 heterocycles. The molecule has 0 radical (unpaired) electrons. The average Bonchev–Trinajstić information content (AvgIpc) is 2.48. The van der Waals surface area contributed by atoms with Crippen molar-refractivity contribution in [1.82, 2.24) is 9.88 Å². The van der Waals surface area contributed by atoms with Crippen LogP contribution < -0.4 is 0 Å². The third kappa shape index (κ3) is 2.50. The number of hydrogen-bond acceptors (Lipinski definition) is 2. The van der Waals surface area contributed by atoms with Crippen LogP contribution in [0.25, 0.3) is 0 Å². The van der Waals surface area contributed by atoms with Crippen LogP contribution in [0.2, 0.25) is 0 Å². The Kier molecular flexibility index (Phi) is 4.11. The number of rotatable bonds is 1. The highest BCUT2D eigenvalue weighted by Crippen LogP contribution is 2.39. The minimum Gasteiger partial charge on any atom is -0.335 e. The smallest absolute Gasteiger partial charge is 0.256 e. The molecule has 20 heavy (non-hydrogen) atoms. The van der Waals surface area contributed by atoms with Crippen LogP contribution in [-0.2, 0) is 0 Å². The number of halogens is 1. The van der Waals surface area contributed by atoms with E-state index in [-0.39, 0.29) is 5.91 Å². The Morgan fingerprint density at radius 2 is 2.15 bits per heavy atom. The third-order valence-corrected chi connectivity index (χ3v) is 5.62. The average molecular weight is 337 g/mol. The number of piperidine rings is 1. The highest BCUT2D eigenvalue weighted by atomic mass is 79.9. The topological polar surface area (TPSA) is 33.2 Å². The molecule has 0 aromatic carbocycles. The minimum absolute atomic E-state index is 0.147. The van der Waals surface area contributed by atoms with Gasteiger partial charge in [0.05, 0.1) is 5.56 Å². The van der Waals surface area contributed by atoms with Gasteiger partial charge in [-0.15, -0.1) is 0 Å². The number of hydrogen-bond donors (Lipinski definition) is 0. The molecule has 2 fully saturated rings. The van der Waals surface area contributed by atoms with E-state index < -0.39 is 0 Å². The van der Waals surface area contributed by atoms with Gasteiger partial charge in [0.25, 0.3) is 5.91 Å². The molecule has 3 unspecified atom stereocenters. The number of aromatic nitrogens is 1. The van der Waals surface area contributed by atoms with Gasteiger partial charge in [0, 0.05) is 18.8 Å². The van der Waals surface area contributed by atoms with Crippen molar-refractivity contribution < 1.29 is 4.79 Å². The van der Waals surface area contributed by atoms with Crippen LogP contribution in [0.15, 0.2) is 22.9 Å². The normalized spacial score (nSPS) is 29.9. The number of nitrogens with zero attached hydrogens (tertiary/aromatic N) is 2. The number of likely N-dealkylation sites (tertiary alicyclic amines) is 1. The largest absolute Gasteiger partial charge is 0.335 e. The molecule has 3 rings (SSSR count). The molecule has 1 saturated heterocycles. The summed E-state index contributed by atoms with van der Waals surface area (Å²) in [5, 5.41) is 0. The summed E-state index contributed by atoms with van der Waals surface area (Å²) in [6.07, 6.45) is 7.87. The van der Waals surface area contributed by atoms with Crippen molar-refractivity contribution in [3.63, 3.8) is 0 Å². The molecule has 1 saturated carbocycles. The minimum atomic E-state index is 0.147. The van der Waals surface area contributed by atoms with Gasteiger partial charge in [0.15, 0.2) is 0 Å². The van der Waals surface area contributed by atoms with Crippen molar-refractivity contribution in [2.75, 3.05) is 6.54 Å². The Labute approximate surface area is 128 Å². The van der Waals surface area contributed by atoms with Crippen LogP contribution in [0.4, 0.5) is 0 Å². The van der Waals surface area contributed by atoms with Gasteiger partial charge in [-0.2, -0.15) is 0 Å². The maximum atomic E-state index is 12.8. The van der Waals surface area contributed by atoms with Crippen molar-refractivity contribution >= 4 is 21.8 Å². The van der Waals surface area contributed by atoms with Crippen LogP contribution in [0, 0.1) is 11.8 Å². The van der Waals surface area contributed by atoms with Crippen LogP contribution in [0.3, 0.4) is 0 Å². The first kappa shape index (κ1) is 14.1. The maximum Gasteiger partial charge on any atom is 0.256 e. The molecule has 0 spiro atoms. The summed E-state index contributed by atoms with van der Waals surface area (Å²) in [5.74, 6) is 1.59. The van der Waals surface area contributed by atoms with E-state index in [9.17, 15) is 4.79 Å². The van der Waals surface area contributed by atoms with Crippen molar-refractivity contribution in [3.8, 4) is 0 Å². The number of carbonyl (C=O) groups excluding carboxylic acids is 1. The molecule has 1 aromatic heterocycles. The van der Waals surface area contributed by atoms with E-state index in [1.54, 1.807) is 6.20 Å². The van der Waals surface area contributed by atoms with Crippen molar-refractivity contribution in [2.24, 2.45) is 11.8 Å². The van der Waals surface area contributed by atoms with Gasteiger partial charge in [0.1, 0.15) is 4.60 Å². The molecule has 108 valence electrons. The lowest BCUT2D eigenvalue weighted by atomic mass is 9.72. The molecule has 1 amide bonds. The first-order valence-corrected chi connectivity index (χ1v) is 8.39. The van der Waals surface area contributed by atoms with E-state index >= 15 is 0 Å². The van der Waals surface area contributed by atoms with Crippen LogP contribution >= 0.6 is 15.9 Å². The molecule has 1 aromatic rings. The van der Waals surface area contributed by atoms with E-state index in [2.05, 4.69) is 32.7 Å². The molecule has 1 aliphatic heterocycles. The third-order valence-electron chi connectivity index (χ3n) is 4.99. The van der Waals surface area contributed by atoms with Gasteiger partial charge < -0.3 is 4.90 Å². The molecule has 3 atom stereocenters. The number of fused-ring (bicyclic) bond motifs is 1. The zero-order valence-electron chi connectivity index (χ0n) is 11.9. The van der Waals surface area contributed by atoms with E-state index in [4.69, 9.17) is 0 Å². The standard InChI is InChI=1S/C16H21BrN2O/c1-11-8-10-19(14-7-3-2-5-12(11)14)16(20)13-6-4-9-18-15(13)17/h4,6,9,11-12,14H,2-3,5,7-8,10H2,1H3. The highest BCUT2D eigenvalue weighted by Gasteiger charge is 2.39. The fourth-order valence-corrected chi connectivity index (χ4v) is 4.29. The Bertz CT molecular complexity index is 505. The fraction of sp³-hybridized carbons (Fsp3) is 0.625. The van der Waals surface area contributed by atoms with E-state index in [0.29, 0.717) is 22.1 Å². The maximum absolute atomic E-state index is 12.8. The molecular weight excluding hydrogens is 316 g/mol. The van der Waals surface area contributed by atoms with Crippen LogP contribution in [0.5, 0.6) is 0 Å². The molecule has 0 N–H and O–H groups in total. The van der Waals surface area contributed by atoms with Crippen molar-refractivity contribution in [2.45, 2.75) is 45.1 Å². The second kappa shape index (κ2) is 5.84. The number of carbonyl (C=O) groups is 1. The van der Waals surface area contributed by atoms with Gasteiger partial charge in [0.2, 0.25) is 0 Å². The van der Waals surface area contributed by atoms with Gasteiger partial charge in [-0.3, -0.25) is 4.79 Å².